The van der Waals surface area contributed by atoms with Crippen LogP contribution in [-0.2, 0) is 4.79 Å². The van der Waals surface area contributed by atoms with Crippen molar-refractivity contribution in [2.75, 3.05) is 19.1 Å². The van der Waals surface area contributed by atoms with Gasteiger partial charge in [0.25, 0.3) is 5.91 Å². The highest BCUT2D eigenvalue weighted by Crippen LogP contribution is 2.16. The molecule has 1 heterocycles. The molecular formula is C12H15N3O2. The highest BCUT2D eigenvalue weighted by atomic mass is 16.5. The van der Waals surface area contributed by atoms with Gasteiger partial charge >= 0.3 is 0 Å². The Morgan fingerprint density at radius 1 is 1.47 bits per heavy atom. The summed E-state index contributed by atoms with van der Waals surface area (Å²) in [7, 11) is 1.61. The number of ether oxygens (including phenoxy) is 1. The Morgan fingerprint density at radius 3 is 3.12 bits per heavy atom. The molecule has 0 saturated carbocycles. The molecule has 0 unspecified atom stereocenters. The van der Waals surface area contributed by atoms with Crippen LogP contribution in [0.1, 0.15) is 12.8 Å². The molecule has 5 heteroatoms. The summed E-state index contributed by atoms with van der Waals surface area (Å²) in [4.78, 5) is 11.4. The minimum absolute atomic E-state index is 0.0911. The number of rotatable bonds is 3. The first-order valence-corrected chi connectivity index (χ1v) is 5.54. The Kier molecular flexibility index (Phi) is 3.59. The molecule has 1 aliphatic heterocycles. The average Bonchev–Trinajstić information content (AvgIpc) is 2.38. The Balaban J connectivity index is 2.05. The fourth-order valence-corrected chi connectivity index (χ4v) is 1.60. The van der Waals surface area contributed by atoms with Crippen LogP contribution >= 0.6 is 0 Å². The lowest BCUT2D eigenvalue weighted by atomic mass is 10.1. The Morgan fingerprint density at radius 2 is 2.35 bits per heavy atom. The van der Waals surface area contributed by atoms with Crippen molar-refractivity contribution in [1.82, 2.24) is 5.32 Å². The molecule has 2 rings (SSSR count). The summed E-state index contributed by atoms with van der Waals surface area (Å²) in [5, 5.41) is 6.87. The largest absolute Gasteiger partial charge is 0.497 e. The van der Waals surface area contributed by atoms with Crippen LogP contribution in [0.25, 0.3) is 0 Å². The first kappa shape index (κ1) is 11.4. The van der Waals surface area contributed by atoms with Crippen molar-refractivity contribution in [1.29, 1.82) is 0 Å². The van der Waals surface area contributed by atoms with Crippen molar-refractivity contribution in [3.8, 4) is 5.75 Å². The quantitative estimate of drug-likeness (QED) is 0.775. The van der Waals surface area contributed by atoms with Gasteiger partial charge in [-0.2, -0.15) is 5.10 Å². The standard InChI is InChI=1S/C12H15N3O2/c1-17-10-5-2-4-9(8-10)14-15-11-6-3-7-13-12(11)16/h2,4-5,8,14H,3,6-7H2,1H3,(H,13,16). The molecule has 90 valence electrons. The van der Waals surface area contributed by atoms with Crippen LogP contribution in [0.2, 0.25) is 0 Å². The molecule has 17 heavy (non-hydrogen) atoms. The monoisotopic (exact) mass is 233 g/mol. The molecule has 2 N–H and O–H groups in total. The molecule has 0 bridgehead atoms. The average molecular weight is 233 g/mol. The van der Waals surface area contributed by atoms with Gasteiger partial charge in [-0.05, 0) is 25.0 Å². The van der Waals surface area contributed by atoms with Crippen molar-refractivity contribution in [2.24, 2.45) is 5.10 Å². The Labute approximate surface area is 99.9 Å². The lowest BCUT2D eigenvalue weighted by molar-refractivity contribution is -0.115. The predicted molar refractivity (Wildman–Crippen MR) is 66.3 cm³/mol. The molecule has 1 aromatic rings. The molecule has 1 saturated heterocycles. The van der Waals surface area contributed by atoms with E-state index in [2.05, 4.69) is 15.8 Å². The zero-order valence-corrected chi connectivity index (χ0v) is 9.69. The van der Waals surface area contributed by atoms with Gasteiger partial charge in [-0.1, -0.05) is 6.07 Å². The number of amides is 1. The van der Waals surface area contributed by atoms with E-state index in [0.29, 0.717) is 12.1 Å². The maximum absolute atomic E-state index is 11.4. The molecule has 1 amide bonds. The van der Waals surface area contributed by atoms with Crippen molar-refractivity contribution in [2.45, 2.75) is 12.8 Å². The van der Waals surface area contributed by atoms with E-state index in [4.69, 9.17) is 4.74 Å². The van der Waals surface area contributed by atoms with Gasteiger partial charge in [0.15, 0.2) is 0 Å². The minimum Gasteiger partial charge on any atom is -0.497 e. The number of carbonyl (C=O) groups excluding carboxylic acids is 1. The second kappa shape index (κ2) is 5.34. The number of benzene rings is 1. The normalized spacial score (nSPS) is 17.7. The lowest BCUT2D eigenvalue weighted by Gasteiger charge is -2.13. The van der Waals surface area contributed by atoms with Crippen LogP contribution in [0.5, 0.6) is 5.75 Å². The van der Waals surface area contributed by atoms with Crippen LogP contribution in [0.15, 0.2) is 29.4 Å². The predicted octanol–water partition coefficient (Wildman–Crippen LogP) is 1.37. The highest BCUT2D eigenvalue weighted by Gasteiger charge is 2.15. The van der Waals surface area contributed by atoms with E-state index in [-0.39, 0.29) is 5.91 Å². The number of nitrogens with zero attached hydrogens (tertiary/aromatic N) is 1. The van der Waals surface area contributed by atoms with E-state index >= 15 is 0 Å². The Bertz CT molecular complexity index is 443. The number of hydrogen-bond acceptors (Lipinski definition) is 4. The van der Waals surface area contributed by atoms with E-state index in [0.717, 1.165) is 24.4 Å². The van der Waals surface area contributed by atoms with Crippen LogP contribution < -0.4 is 15.5 Å². The van der Waals surface area contributed by atoms with Crippen molar-refractivity contribution < 1.29 is 9.53 Å². The summed E-state index contributed by atoms with van der Waals surface area (Å²) in [5.41, 5.74) is 4.21. The summed E-state index contributed by atoms with van der Waals surface area (Å²) >= 11 is 0. The number of piperidine rings is 1. The summed E-state index contributed by atoms with van der Waals surface area (Å²) in [6.45, 7) is 0.733. The zero-order chi connectivity index (χ0) is 12.1. The third kappa shape index (κ3) is 2.96. The maximum Gasteiger partial charge on any atom is 0.267 e. The van der Waals surface area contributed by atoms with E-state index in [9.17, 15) is 4.79 Å². The van der Waals surface area contributed by atoms with Crippen molar-refractivity contribution in [3.63, 3.8) is 0 Å². The zero-order valence-electron chi connectivity index (χ0n) is 9.69. The molecule has 0 aromatic heterocycles. The molecule has 1 fully saturated rings. The Hall–Kier alpha value is -2.04. The van der Waals surface area contributed by atoms with E-state index in [1.54, 1.807) is 7.11 Å². The second-order valence-electron chi connectivity index (χ2n) is 3.76. The van der Waals surface area contributed by atoms with E-state index in [1.807, 2.05) is 24.3 Å². The molecule has 1 aliphatic rings. The van der Waals surface area contributed by atoms with E-state index in [1.165, 1.54) is 0 Å². The van der Waals surface area contributed by atoms with Gasteiger partial charge in [-0.25, -0.2) is 0 Å². The van der Waals surface area contributed by atoms with Gasteiger partial charge in [0.05, 0.1) is 12.8 Å². The maximum atomic E-state index is 11.4. The van der Waals surface area contributed by atoms with Gasteiger partial charge in [-0.15, -0.1) is 0 Å². The van der Waals surface area contributed by atoms with Crippen LogP contribution in [0.3, 0.4) is 0 Å². The van der Waals surface area contributed by atoms with Gasteiger partial charge in [-0.3, -0.25) is 10.2 Å². The fraction of sp³-hybridized carbons (Fsp3) is 0.333. The number of anilines is 1. The van der Waals surface area contributed by atoms with Crippen molar-refractivity contribution >= 4 is 17.3 Å². The summed E-state index contributed by atoms with van der Waals surface area (Å²) < 4.78 is 5.10. The summed E-state index contributed by atoms with van der Waals surface area (Å²) in [6.07, 6.45) is 1.65. The van der Waals surface area contributed by atoms with E-state index < -0.39 is 0 Å². The van der Waals surface area contributed by atoms with Crippen LogP contribution in [0, 0.1) is 0 Å². The van der Waals surface area contributed by atoms with Crippen LogP contribution in [0.4, 0.5) is 5.69 Å². The van der Waals surface area contributed by atoms with Gasteiger partial charge in [0.2, 0.25) is 0 Å². The molecular weight excluding hydrogens is 218 g/mol. The highest BCUT2D eigenvalue weighted by molar-refractivity contribution is 6.39. The lowest BCUT2D eigenvalue weighted by Crippen LogP contribution is -2.37. The minimum atomic E-state index is -0.0911. The third-order valence-electron chi connectivity index (χ3n) is 2.53. The number of hydrazone groups is 1. The van der Waals surface area contributed by atoms with Gasteiger partial charge in [0.1, 0.15) is 11.5 Å². The van der Waals surface area contributed by atoms with Gasteiger partial charge < -0.3 is 10.1 Å². The fourth-order valence-electron chi connectivity index (χ4n) is 1.60. The number of methoxy groups -OCH3 is 1. The second-order valence-corrected chi connectivity index (χ2v) is 3.76. The SMILES string of the molecule is COc1cccc(NN=C2CCCNC2=O)c1. The van der Waals surface area contributed by atoms with Crippen LogP contribution in [-0.4, -0.2) is 25.3 Å². The van der Waals surface area contributed by atoms with Crippen molar-refractivity contribution in [3.05, 3.63) is 24.3 Å². The molecule has 5 nitrogen and oxygen atoms in total. The molecule has 1 aromatic carbocycles. The molecule has 0 atom stereocenters. The summed E-state index contributed by atoms with van der Waals surface area (Å²) in [6, 6.07) is 7.41. The molecule has 0 aliphatic carbocycles. The number of carbonyl (C=O) groups is 1. The van der Waals surface area contributed by atoms with Gasteiger partial charge in [0, 0.05) is 12.6 Å². The molecule has 0 spiro atoms. The number of hydrogen-bond donors (Lipinski definition) is 2. The smallest absolute Gasteiger partial charge is 0.267 e. The molecule has 0 radical (unpaired) electrons. The topological polar surface area (TPSA) is 62.7 Å². The first-order valence-electron chi connectivity index (χ1n) is 5.54. The third-order valence-corrected chi connectivity index (χ3v) is 2.53. The summed E-state index contributed by atoms with van der Waals surface area (Å²) in [5.74, 6) is 0.662. The first-order chi connectivity index (χ1) is 8.29. The number of nitrogens with one attached hydrogen (secondary N) is 2.